The van der Waals surface area contributed by atoms with E-state index in [0.29, 0.717) is 0 Å². The third kappa shape index (κ3) is 2.09. The molecule has 1 aliphatic heterocycles. The normalized spacial score (nSPS) is 33.8. The van der Waals surface area contributed by atoms with Gasteiger partial charge >= 0.3 is 0 Å². The van der Waals surface area contributed by atoms with Crippen LogP contribution in [0.15, 0.2) is 24.3 Å². The monoisotopic (exact) mass is 270 g/mol. The molecule has 1 amide bonds. The molecule has 2 bridgehead atoms. The number of carbonyl (C=O) groups is 1. The first-order valence-corrected chi connectivity index (χ1v) is 7.92. The molecule has 3 nitrogen and oxygen atoms in total. The van der Waals surface area contributed by atoms with Gasteiger partial charge in [0.15, 0.2) is 0 Å². The van der Waals surface area contributed by atoms with Crippen molar-refractivity contribution in [2.45, 2.75) is 38.1 Å². The predicted molar refractivity (Wildman–Crippen MR) is 79.5 cm³/mol. The van der Waals surface area contributed by atoms with Crippen LogP contribution in [0.4, 0.5) is 5.69 Å². The van der Waals surface area contributed by atoms with E-state index in [4.69, 9.17) is 0 Å². The van der Waals surface area contributed by atoms with Gasteiger partial charge in [0.1, 0.15) is 6.04 Å². The SMILES string of the molecule is O=C(NCC1CC2CCC1C2)[C@@H]1Cc2ccccc2N1. The molecule has 106 valence electrons. The minimum Gasteiger partial charge on any atom is -0.373 e. The van der Waals surface area contributed by atoms with Crippen molar-refractivity contribution in [3.63, 3.8) is 0 Å². The molecule has 20 heavy (non-hydrogen) atoms. The molecular formula is C17H22N2O. The summed E-state index contributed by atoms with van der Waals surface area (Å²) in [4.78, 5) is 12.3. The van der Waals surface area contributed by atoms with Gasteiger partial charge in [-0.15, -0.1) is 0 Å². The minimum absolute atomic E-state index is 0.0778. The fourth-order valence-corrected chi connectivity index (χ4v) is 4.44. The van der Waals surface area contributed by atoms with Crippen LogP contribution in [0, 0.1) is 17.8 Å². The van der Waals surface area contributed by atoms with Crippen molar-refractivity contribution in [1.29, 1.82) is 0 Å². The summed E-state index contributed by atoms with van der Waals surface area (Å²) in [7, 11) is 0. The van der Waals surface area contributed by atoms with E-state index in [1.807, 2.05) is 12.1 Å². The van der Waals surface area contributed by atoms with Crippen LogP contribution in [-0.4, -0.2) is 18.5 Å². The zero-order valence-corrected chi connectivity index (χ0v) is 11.8. The smallest absolute Gasteiger partial charge is 0.242 e. The highest BCUT2D eigenvalue weighted by Gasteiger charge is 2.39. The quantitative estimate of drug-likeness (QED) is 0.886. The Kier molecular flexibility index (Phi) is 2.94. The fourth-order valence-electron chi connectivity index (χ4n) is 4.44. The van der Waals surface area contributed by atoms with Crippen molar-refractivity contribution in [2.75, 3.05) is 11.9 Å². The molecule has 0 aromatic heterocycles. The Morgan fingerprint density at radius 1 is 1.25 bits per heavy atom. The molecule has 2 aliphatic carbocycles. The maximum Gasteiger partial charge on any atom is 0.242 e. The van der Waals surface area contributed by atoms with Gasteiger partial charge in [0, 0.05) is 18.7 Å². The molecule has 2 N–H and O–H groups in total. The topological polar surface area (TPSA) is 41.1 Å². The van der Waals surface area contributed by atoms with E-state index in [1.165, 1.54) is 31.2 Å². The highest BCUT2D eigenvalue weighted by molar-refractivity contribution is 5.87. The number of para-hydroxylation sites is 1. The van der Waals surface area contributed by atoms with Crippen molar-refractivity contribution in [3.05, 3.63) is 29.8 Å². The van der Waals surface area contributed by atoms with E-state index >= 15 is 0 Å². The Labute approximate surface area is 120 Å². The molecule has 1 aromatic carbocycles. The number of hydrogen-bond donors (Lipinski definition) is 2. The van der Waals surface area contributed by atoms with Gasteiger partial charge in [-0.3, -0.25) is 4.79 Å². The van der Waals surface area contributed by atoms with Crippen LogP contribution in [0.1, 0.15) is 31.2 Å². The lowest BCUT2D eigenvalue weighted by Gasteiger charge is -2.22. The van der Waals surface area contributed by atoms with Gasteiger partial charge < -0.3 is 10.6 Å². The van der Waals surface area contributed by atoms with Gasteiger partial charge in [0.25, 0.3) is 0 Å². The zero-order chi connectivity index (χ0) is 13.5. The molecule has 1 heterocycles. The number of nitrogens with one attached hydrogen (secondary N) is 2. The lowest BCUT2D eigenvalue weighted by Crippen LogP contribution is -2.41. The summed E-state index contributed by atoms with van der Waals surface area (Å²) < 4.78 is 0. The van der Waals surface area contributed by atoms with E-state index in [-0.39, 0.29) is 11.9 Å². The summed E-state index contributed by atoms with van der Waals surface area (Å²) in [6.45, 7) is 0.883. The zero-order valence-electron chi connectivity index (χ0n) is 11.8. The Morgan fingerprint density at radius 3 is 2.90 bits per heavy atom. The third-order valence-corrected chi connectivity index (χ3v) is 5.51. The molecule has 3 aliphatic rings. The minimum atomic E-state index is -0.0778. The molecule has 0 saturated heterocycles. The van der Waals surface area contributed by atoms with Gasteiger partial charge in [-0.1, -0.05) is 24.6 Å². The summed E-state index contributed by atoms with van der Waals surface area (Å²) >= 11 is 0. The van der Waals surface area contributed by atoms with Crippen LogP contribution in [0.2, 0.25) is 0 Å². The van der Waals surface area contributed by atoms with Crippen LogP contribution in [0.25, 0.3) is 0 Å². The Hall–Kier alpha value is -1.51. The summed E-state index contributed by atoms with van der Waals surface area (Å²) in [5.41, 5.74) is 2.38. The van der Waals surface area contributed by atoms with E-state index < -0.39 is 0 Å². The average Bonchev–Trinajstić information content (AvgIpc) is 3.18. The first-order chi connectivity index (χ1) is 9.79. The second kappa shape index (κ2) is 4.80. The van der Waals surface area contributed by atoms with Crippen LogP contribution in [0.5, 0.6) is 0 Å². The van der Waals surface area contributed by atoms with Crippen LogP contribution in [-0.2, 0) is 11.2 Å². The van der Waals surface area contributed by atoms with Crippen molar-refractivity contribution < 1.29 is 4.79 Å². The molecule has 4 rings (SSSR count). The summed E-state index contributed by atoms with van der Waals surface area (Å²) in [5, 5.41) is 6.52. The second-order valence-electron chi connectivity index (χ2n) is 6.74. The molecule has 3 unspecified atom stereocenters. The lowest BCUT2D eigenvalue weighted by molar-refractivity contribution is -0.122. The number of hydrogen-bond acceptors (Lipinski definition) is 2. The molecule has 0 spiro atoms. The van der Waals surface area contributed by atoms with Crippen LogP contribution in [0.3, 0.4) is 0 Å². The summed E-state index contributed by atoms with van der Waals surface area (Å²) in [6, 6.07) is 8.13. The fraction of sp³-hybridized carbons (Fsp3) is 0.588. The molecule has 1 aromatic rings. The van der Waals surface area contributed by atoms with Crippen molar-refractivity contribution in [1.82, 2.24) is 5.32 Å². The number of benzene rings is 1. The largest absolute Gasteiger partial charge is 0.373 e. The molecule has 0 radical (unpaired) electrons. The van der Waals surface area contributed by atoms with Crippen molar-refractivity contribution in [2.24, 2.45) is 17.8 Å². The summed E-state index contributed by atoms with van der Waals surface area (Å²) in [6.07, 6.45) is 6.38. The van der Waals surface area contributed by atoms with E-state index in [9.17, 15) is 4.79 Å². The first kappa shape index (κ1) is 12.2. The maximum absolute atomic E-state index is 12.3. The number of amides is 1. The van der Waals surface area contributed by atoms with Crippen molar-refractivity contribution in [3.8, 4) is 0 Å². The van der Waals surface area contributed by atoms with E-state index in [2.05, 4.69) is 22.8 Å². The van der Waals surface area contributed by atoms with Crippen LogP contribution < -0.4 is 10.6 Å². The summed E-state index contributed by atoms with van der Waals surface area (Å²) in [5.74, 6) is 2.75. The molecule has 2 saturated carbocycles. The number of rotatable bonds is 3. The maximum atomic E-state index is 12.3. The standard InChI is InChI=1S/C17H22N2O/c20-17(16-9-13-3-1-2-4-15(13)19-16)18-10-14-8-11-5-6-12(14)7-11/h1-4,11-12,14,16,19H,5-10H2,(H,18,20)/t11?,12?,14?,16-/m0/s1. The average molecular weight is 270 g/mol. The van der Waals surface area contributed by atoms with E-state index in [0.717, 1.165) is 36.4 Å². The first-order valence-electron chi connectivity index (χ1n) is 7.92. The number of fused-ring (bicyclic) bond motifs is 3. The third-order valence-electron chi connectivity index (χ3n) is 5.51. The van der Waals surface area contributed by atoms with Crippen LogP contribution >= 0.6 is 0 Å². The Bertz CT molecular complexity index is 502. The van der Waals surface area contributed by atoms with Gasteiger partial charge in [-0.25, -0.2) is 0 Å². The predicted octanol–water partition coefficient (Wildman–Crippen LogP) is 2.58. The molecule has 2 fully saturated rings. The molecular weight excluding hydrogens is 248 g/mol. The highest BCUT2D eigenvalue weighted by Crippen LogP contribution is 2.47. The highest BCUT2D eigenvalue weighted by atomic mass is 16.2. The van der Waals surface area contributed by atoms with Gasteiger partial charge in [0.05, 0.1) is 0 Å². The molecule has 3 heteroatoms. The van der Waals surface area contributed by atoms with Crippen molar-refractivity contribution >= 4 is 11.6 Å². The lowest BCUT2D eigenvalue weighted by atomic mass is 9.89. The van der Waals surface area contributed by atoms with E-state index in [1.54, 1.807) is 0 Å². The van der Waals surface area contributed by atoms with Gasteiger partial charge in [0.2, 0.25) is 5.91 Å². The number of anilines is 1. The second-order valence-corrected chi connectivity index (χ2v) is 6.74. The molecule has 4 atom stereocenters. The van der Waals surface area contributed by atoms with Gasteiger partial charge in [-0.2, -0.15) is 0 Å². The van der Waals surface area contributed by atoms with Gasteiger partial charge in [-0.05, 0) is 48.6 Å². The number of carbonyl (C=O) groups excluding carboxylic acids is 1. The Morgan fingerprint density at radius 2 is 2.15 bits per heavy atom. The Balaban J connectivity index is 1.31.